The van der Waals surface area contributed by atoms with Crippen molar-refractivity contribution in [1.82, 2.24) is 10.3 Å². The third kappa shape index (κ3) is 2.26. The number of hydrogen-bond acceptors (Lipinski definition) is 3. The molecule has 0 spiro atoms. The van der Waals surface area contributed by atoms with E-state index >= 15 is 0 Å². The zero-order chi connectivity index (χ0) is 11.7. The summed E-state index contributed by atoms with van der Waals surface area (Å²) in [5.41, 5.74) is 3.74. The predicted molar refractivity (Wildman–Crippen MR) is 72.3 cm³/mol. The molecule has 2 heterocycles. The topological polar surface area (TPSA) is 24.9 Å². The second-order valence-corrected chi connectivity index (χ2v) is 5.45. The van der Waals surface area contributed by atoms with Gasteiger partial charge < -0.3 is 5.32 Å². The normalized spacial score (nSPS) is 19.7. The Kier molecular flexibility index (Phi) is 2.95. The van der Waals surface area contributed by atoms with Crippen LogP contribution in [0.3, 0.4) is 0 Å². The first-order chi connectivity index (χ1) is 8.33. The Bertz CT molecular complexity index is 512. The zero-order valence-corrected chi connectivity index (χ0v) is 10.8. The lowest BCUT2D eigenvalue weighted by molar-refractivity contribution is 0.632. The maximum absolute atomic E-state index is 4.76. The monoisotopic (exact) mass is 244 g/mol. The molecule has 88 valence electrons. The van der Waals surface area contributed by atoms with Crippen molar-refractivity contribution >= 4 is 11.3 Å². The Morgan fingerprint density at radius 1 is 1.41 bits per heavy atom. The molecule has 0 bridgehead atoms. The van der Waals surface area contributed by atoms with Crippen molar-refractivity contribution in [3.05, 3.63) is 40.9 Å². The second kappa shape index (κ2) is 4.59. The van der Waals surface area contributed by atoms with Crippen LogP contribution < -0.4 is 5.32 Å². The van der Waals surface area contributed by atoms with E-state index in [1.807, 2.05) is 0 Å². The molecule has 2 aromatic rings. The molecule has 1 saturated heterocycles. The number of aromatic nitrogens is 1. The molecule has 3 rings (SSSR count). The number of benzene rings is 1. The van der Waals surface area contributed by atoms with Crippen molar-refractivity contribution in [2.24, 2.45) is 0 Å². The van der Waals surface area contributed by atoms with Crippen molar-refractivity contribution < 1.29 is 0 Å². The van der Waals surface area contributed by atoms with Gasteiger partial charge in [0.25, 0.3) is 0 Å². The molecule has 1 atom stereocenters. The average Bonchev–Trinajstić information content (AvgIpc) is 3.00. The molecule has 1 aromatic carbocycles. The van der Waals surface area contributed by atoms with Crippen molar-refractivity contribution in [2.75, 3.05) is 6.54 Å². The fraction of sp³-hybridized carbons (Fsp3) is 0.357. The van der Waals surface area contributed by atoms with E-state index in [-0.39, 0.29) is 0 Å². The van der Waals surface area contributed by atoms with Crippen molar-refractivity contribution in [3.8, 4) is 10.6 Å². The van der Waals surface area contributed by atoms with Crippen LogP contribution in [-0.2, 0) is 0 Å². The van der Waals surface area contributed by atoms with E-state index in [1.165, 1.54) is 29.7 Å². The molecule has 2 nitrogen and oxygen atoms in total. The lowest BCUT2D eigenvalue weighted by atomic mass is 10.1. The van der Waals surface area contributed by atoms with Gasteiger partial charge in [0.2, 0.25) is 0 Å². The maximum Gasteiger partial charge on any atom is 0.123 e. The van der Waals surface area contributed by atoms with Gasteiger partial charge in [-0.25, -0.2) is 4.98 Å². The van der Waals surface area contributed by atoms with Gasteiger partial charge in [0.15, 0.2) is 0 Å². The van der Waals surface area contributed by atoms with Crippen LogP contribution >= 0.6 is 11.3 Å². The Morgan fingerprint density at radius 2 is 2.35 bits per heavy atom. The zero-order valence-electron chi connectivity index (χ0n) is 9.94. The van der Waals surface area contributed by atoms with E-state index in [2.05, 4.69) is 41.9 Å². The highest BCUT2D eigenvalue weighted by Crippen LogP contribution is 2.29. The first-order valence-electron chi connectivity index (χ1n) is 6.09. The lowest BCUT2D eigenvalue weighted by Gasteiger charge is -2.05. The lowest BCUT2D eigenvalue weighted by Crippen LogP contribution is -2.12. The van der Waals surface area contributed by atoms with Crippen LogP contribution in [0.15, 0.2) is 29.6 Å². The number of nitrogens with zero attached hydrogens (tertiary/aromatic N) is 1. The molecule has 1 fully saturated rings. The van der Waals surface area contributed by atoms with Gasteiger partial charge in [-0.15, -0.1) is 11.3 Å². The van der Waals surface area contributed by atoms with E-state index in [9.17, 15) is 0 Å². The molecular weight excluding hydrogens is 228 g/mol. The van der Waals surface area contributed by atoms with Gasteiger partial charge in [-0.05, 0) is 32.4 Å². The molecule has 0 radical (unpaired) electrons. The Balaban J connectivity index is 1.89. The van der Waals surface area contributed by atoms with Crippen molar-refractivity contribution in [2.45, 2.75) is 25.8 Å². The first kappa shape index (κ1) is 10.9. The summed E-state index contributed by atoms with van der Waals surface area (Å²) in [7, 11) is 0. The predicted octanol–water partition coefficient (Wildman–Crippen LogP) is 3.54. The highest BCUT2D eigenvalue weighted by atomic mass is 32.1. The third-order valence-corrected chi connectivity index (χ3v) is 4.11. The molecule has 0 saturated carbocycles. The van der Waals surface area contributed by atoms with Gasteiger partial charge in [0, 0.05) is 10.9 Å². The molecular formula is C14H16N2S. The SMILES string of the molecule is Cc1cccc(-c2nc([C@@H]3CCCN3)cs2)c1. The van der Waals surface area contributed by atoms with Crippen LogP contribution in [0, 0.1) is 6.92 Å². The van der Waals surface area contributed by atoms with E-state index in [0.717, 1.165) is 11.6 Å². The number of nitrogens with one attached hydrogen (secondary N) is 1. The molecule has 0 aliphatic carbocycles. The highest BCUT2D eigenvalue weighted by Gasteiger charge is 2.19. The Morgan fingerprint density at radius 3 is 3.12 bits per heavy atom. The number of rotatable bonds is 2. The summed E-state index contributed by atoms with van der Waals surface area (Å²) in [6.07, 6.45) is 2.49. The van der Waals surface area contributed by atoms with E-state index in [0.29, 0.717) is 6.04 Å². The highest BCUT2D eigenvalue weighted by molar-refractivity contribution is 7.13. The molecule has 0 amide bonds. The van der Waals surface area contributed by atoms with E-state index in [4.69, 9.17) is 4.98 Å². The van der Waals surface area contributed by atoms with Gasteiger partial charge in [-0.1, -0.05) is 23.8 Å². The van der Waals surface area contributed by atoms with E-state index in [1.54, 1.807) is 11.3 Å². The smallest absolute Gasteiger partial charge is 0.123 e. The maximum atomic E-state index is 4.76. The van der Waals surface area contributed by atoms with Crippen LogP contribution in [0.2, 0.25) is 0 Å². The third-order valence-electron chi connectivity index (χ3n) is 3.20. The fourth-order valence-electron chi connectivity index (χ4n) is 2.29. The summed E-state index contributed by atoms with van der Waals surface area (Å²) < 4.78 is 0. The first-order valence-corrected chi connectivity index (χ1v) is 6.97. The van der Waals surface area contributed by atoms with Crippen molar-refractivity contribution in [1.29, 1.82) is 0 Å². The van der Waals surface area contributed by atoms with Gasteiger partial charge in [-0.2, -0.15) is 0 Å². The minimum Gasteiger partial charge on any atom is -0.309 e. The summed E-state index contributed by atoms with van der Waals surface area (Å²) in [5.74, 6) is 0. The molecule has 1 aliphatic heterocycles. The number of aryl methyl sites for hydroxylation is 1. The largest absolute Gasteiger partial charge is 0.309 e. The summed E-state index contributed by atoms with van der Waals surface area (Å²) in [6.45, 7) is 3.25. The Hall–Kier alpha value is -1.19. The molecule has 3 heteroatoms. The van der Waals surface area contributed by atoms with Gasteiger partial charge >= 0.3 is 0 Å². The number of thiazole rings is 1. The van der Waals surface area contributed by atoms with Crippen LogP contribution in [0.25, 0.3) is 10.6 Å². The molecule has 1 aromatic heterocycles. The quantitative estimate of drug-likeness (QED) is 0.874. The van der Waals surface area contributed by atoms with Crippen LogP contribution in [0.5, 0.6) is 0 Å². The minimum atomic E-state index is 0.477. The van der Waals surface area contributed by atoms with E-state index < -0.39 is 0 Å². The standard InChI is InChI=1S/C14H16N2S/c1-10-4-2-5-11(8-10)14-16-13(9-17-14)12-6-3-7-15-12/h2,4-5,8-9,12,15H,3,6-7H2,1H3/t12-/m0/s1. The Labute approximate surface area is 106 Å². The molecule has 1 N–H and O–H groups in total. The number of hydrogen-bond donors (Lipinski definition) is 1. The summed E-state index contributed by atoms with van der Waals surface area (Å²) in [4.78, 5) is 4.76. The minimum absolute atomic E-state index is 0.477. The van der Waals surface area contributed by atoms with Gasteiger partial charge in [-0.3, -0.25) is 0 Å². The summed E-state index contributed by atoms with van der Waals surface area (Å²) in [6, 6.07) is 9.03. The average molecular weight is 244 g/mol. The van der Waals surface area contributed by atoms with Crippen LogP contribution in [0.1, 0.15) is 30.1 Å². The molecule has 1 aliphatic rings. The molecule has 0 unspecified atom stereocenters. The fourth-order valence-corrected chi connectivity index (χ4v) is 3.16. The van der Waals surface area contributed by atoms with Crippen molar-refractivity contribution in [3.63, 3.8) is 0 Å². The summed E-state index contributed by atoms with van der Waals surface area (Å²) in [5, 5.41) is 6.82. The van der Waals surface area contributed by atoms with Gasteiger partial charge in [0.05, 0.1) is 11.7 Å². The van der Waals surface area contributed by atoms with Crippen LogP contribution in [0.4, 0.5) is 0 Å². The molecule has 17 heavy (non-hydrogen) atoms. The second-order valence-electron chi connectivity index (χ2n) is 4.60. The van der Waals surface area contributed by atoms with Crippen LogP contribution in [-0.4, -0.2) is 11.5 Å². The summed E-state index contributed by atoms with van der Waals surface area (Å²) >= 11 is 1.75. The van der Waals surface area contributed by atoms with Gasteiger partial charge in [0.1, 0.15) is 5.01 Å².